The SMILES string of the molecule is Cc1ccc(C)c2c1[nH]c1nc(SCC(=O)NCc3ccccc3)nnc12. The second-order valence-electron chi connectivity index (χ2n) is 6.42. The number of rotatable bonds is 5. The summed E-state index contributed by atoms with van der Waals surface area (Å²) in [5.41, 5.74) is 5.85. The Kier molecular flexibility index (Phi) is 4.77. The van der Waals surface area contributed by atoms with E-state index in [9.17, 15) is 4.79 Å². The molecule has 2 heterocycles. The third-order valence-electron chi connectivity index (χ3n) is 4.43. The molecule has 0 saturated heterocycles. The van der Waals surface area contributed by atoms with Gasteiger partial charge in [0.2, 0.25) is 11.1 Å². The van der Waals surface area contributed by atoms with Gasteiger partial charge in [0.1, 0.15) is 5.52 Å². The minimum atomic E-state index is -0.0594. The van der Waals surface area contributed by atoms with Gasteiger partial charge in [-0.2, -0.15) is 0 Å². The lowest BCUT2D eigenvalue weighted by Gasteiger charge is -2.04. The third kappa shape index (κ3) is 3.64. The van der Waals surface area contributed by atoms with E-state index >= 15 is 0 Å². The van der Waals surface area contributed by atoms with Gasteiger partial charge in [-0.1, -0.05) is 54.2 Å². The Bertz CT molecular complexity index is 1120. The maximum Gasteiger partial charge on any atom is 0.230 e. The maximum absolute atomic E-state index is 12.1. The van der Waals surface area contributed by atoms with Crippen LogP contribution in [-0.2, 0) is 11.3 Å². The molecule has 0 aliphatic carbocycles. The second kappa shape index (κ2) is 7.36. The van der Waals surface area contributed by atoms with Gasteiger partial charge in [0.25, 0.3) is 0 Å². The van der Waals surface area contributed by atoms with Gasteiger partial charge in [0.05, 0.1) is 11.3 Å². The van der Waals surface area contributed by atoms with Crippen LogP contribution >= 0.6 is 11.8 Å². The summed E-state index contributed by atoms with van der Waals surface area (Å²) >= 11 is 1.28. The van der Waals surface area contributed by atoms with Crippen molar-refractivity contribution in [2.24, 2.45) is 0 Å². The molecule has 0 aliphatic heterocycles. The van der Waals surface area contributed by atoms with Gasteiger partial charge in [-0.05, 0) is 30.5 Å². The topological polar surface area (TPSA) is 83.6 Å². The molecule has 2 aromatic heterocycles. The van der Waals surface area contributed by atoms with Gasteiger partial charge < -0.3 is 10.3 Å². The molecule has 2 N–H and O–H groups in total. The van der Waals surface area contributed by atoms with Crippen LogP contribution in [0.5, 0.6) is 0 Å². The van der Waals surface area contributed by atoms with Crippen molar-refractivity contribution in [3.8, 4) is 0 Å². The number of hydrogen-bond acceptors (Lipinski definition) is 5. The van der Waals surface area contributed by atoms with Crippen LogP contribution in [0.4, 0.5) is 0 Å². The van der Waals surface area contributed by atoms with E-state index in [2.05, 4.69) is 51.5 Å². The highest BCUT2D eigenvalue weighted by Crippen LogP contribution is 2.28. The Morgan fingerprint density at radius 3 is 2.67 bits per heavy atom. The predicted molar refractivity (Wildman–Crippen MR) is 108 cm³/mol. The largest absolute Gasteiger partial charge is 0.351 e. The standard InChI is InChI=1S/C20H19N5OS/c1-12-8-9-13(2)17-16(12)18-19(22-17)23-20(25-24-18)27-11-15(26)21-10-14-6-4-3-5-7-14/h3-9H,10-11H2,1-2H3,(H,21,26)(H,22,23,25). The summed E-state index contributed by atoms with van der Waals surface area (Å²) in [5, 5.41) is 13.0. The van der Waals surface area contributed by atoms with E-state index in [4.69, 9.17) is 0 Å². The molecule has 27 heavy (non-hydrogen) atoms. The van der Waals surface area contributed by atoms with Crippen LogP contribution < -0.4 is 5.32 Å². The molecule has 136 valence electrons. The number of aromatic amines is 1. The maximum atomic E-state index is 12.1. The molecule has 0 spiro atoms. The highest BCUT2D eigenvalue weighted by atomic mass is 32.2. The van der Waals surface area contributed by atoms with Crippen molar-refractivity contribution in [3.05, 3.63) is 59.2 Å². The minimum Gasteiger partial charge on any atom is -0.351 e. The molecule has 1 amide bonds. The molecular formula is C20H19N5OS. The number of thioether (sulfide) groups is 1. The third-order valence-corrected chi connectivity index (χ3v) is 5.27. The molecule has 2 aromatic carbocycles. The van der Waals surface area contributed by atoms with Gasteiger partial charge in [-0.3, -0.25) is 4.79 Å². The van der Waals surface area contributed by atoms with Crippen molar-refractivity contribution in [1.82, 2.24) is 25.5 Å². The summed E-state index contributed by atoms with van der Waals surface area (Å²) in [4.78, 5) is 19.9. The molecule has 4 rings (SSSR count). The number of amides is 1. The van der Waals surface area contributed by atoms with Gasteiger partial charge in [0, 0.05) is 11.9 Å². The summed E-state index contributed by atoms with van der Waals surface area (Å²) in [6.07, 6.45) is 0. The Morgan fingerprint density at radius 1 is 1.07 bits per heavy atom. The van der Waals surface area contributed by atoms with E-state index in [-0.39, 0.29) is 11.7 Å². The zero-order valence-electron chi connectivity index (χ0n) is 15.1. The molecule has 0 bridgehead atoms. The lowest BCUT2D eigenvalue weighted by Crippen LogP contribution is -2.24. The molecule has 0 atom stereocenters. The summed E-state index contributed by atoms with van der Waals surface area (Å²) in [7, 11) is 0. The van der Waals surface area contributed by atoms with E-state index in [0.29, 0.717) is 17.3 Å². The van der Waals surface area contributed by atoms with Gasteiger partial charge in [-0.15, -0.1) is 10.2 Å². The zero-order valence-corrected chi connectivity index (χ0v) is 15.9. The first-order valence-corrected chi connectivity index (χ1v) is 9.66. The number of carbonyl (C=O) groups excluding carboxylic acids is 1. The second-order valence-corrected chi connectivity index (χ2v) is 7.36. The Morgan fingerprint density at radius 2 is 1.85 bits per heavy atom. The van der Waals surface area contributed by atoms with Crippen molar-refractivity contribution in [2.75, 3.05) is 5.75 Å². The van der Waals surface area contributed by atoms with Gasteiger partial charge in [-0.25, -0.2) is 4.98 Å². The van der Waals surface area contributed by atoms with Crippen LogP contribution in [0.2, 0.25) is 0 Å². The van der Waals surface area contributed by atoms with Gasteiger partial charge >= 0.3 is 0 Å². The van der Waals surface area contributed by atoms with Crippen molar-refractivity contribution >= 4 is 39.7 Å². The van der Waals surface area contributed by atoms with E-state index < -0.39 is 0 Å². The van der Waals surface area contributed by atoms with E-state index in [1.54, 1.807) is 0 Å². The first-order valence-electron chi connectivity index (χ1n) is 8.67. The lowest BCUT2D eigenvalue weighted by molar-refractivity contribution is -0.118. The molecule has 0 unspecified atom stereocenters. The van der Waals surface area contributed by atoms with Crippen LogP contribution in [0.3, 0.4) is 0 Å². The van der Waals surface area contributed by atoms with Crippen LogP contribution in [-0.4, -0.2) is 31.8 Å². The van der Waals surface area contributed by atoms with Crippen LogP contribution in [0, 0.1) is 13.8 Å². The van der Waals surface area contributed by atoms with E-state index in [1.165, 1.54) is 11.8 Å². The predicted octanol–water partition coefficient (Wildman–Crippen LogP) is 3.53. The Hall–Kier alpha value is -2.93. The van der Waals surface area contributed by atoms with Crippen molar-refractivity contribution in [1.29, 1.82) is 0 Å². The fraction of sp³-hybridized carbons (Fsp3) is 0.200. The Labute approximate surface area is 160 Å². The minimum absolute atomic E-state index is 0.0594. The van der Waals surface area contributed by atoms with Crippen molar-refractivity contribution in [2.45, 2.75) is 25.5 Å². The number of hydrogen-bond donors (Lipinski definition) is 2. The quantitative estimate of drug-likeness (QED) is 0.520. The summed E-state index contributed by atoms with van der Waals surface area (Å²) in [6, 6.07) is 14.0. The summed E-state index contributed by atoms with van der Waals surface area (Å²) in [6.45, 7) is 4.62. The fourth-order valence-corrected chi connectivity index (χ4v) is 3.62. The summed E-state index contributed by atoms with van der Waals surface area (Å²) in [5.74, 6) is 0.189. The monoisotopic (exact) mass is 377 g/mol. The van der Waals surface area contributed by atoms with Crippen LogP contribution in [0.15, 0.2) is 47.6 Å². The number of fused-ring (bicyclic) bond motifs is 3. The number of carbonyl (C=O) groups is 1. The number of benzene rings is 2. The lowest BCUT2D eigenvalue weighted by atomic mass is 10.1. The van der Waals surface area contributed by atoms with E-state index in [0.717, 1.165) is 33.1 Å². The highest BCUT2D eigenvalue weighted by Gasteiger charge is 2.13. The number of H-pyrrole nitrogens is 1. The highest BCUT2D eigenvalue weighted by molar-refractivity contribution is 7.99. The molecule has 0 aliphatic rings. The number of aromatic nitrogens is 4. The number of nitrogens with one attached hydrogen (secondary N) is 2. The smallest absolute Gasteiger partial charge is 0.230 e. The molecule has 6 nitrogen and oxygen atoms in total. The molecule has 0 radical (unpaired) electrons. The van der Waals surface area contributed by atoms with Crippen molar-refractivity contribution in [3.63, 3.8) is 0 Å². The Balaban J connectivity index is 1.46. The fourth-order valence-electron chi connectivity index (χ4n) is 3.00. The molecular weight excluding hydrogens is 358 g/mol. The first-order chi connectivity index (χ1) is 13.1. The molecule has 0 saturated carbocycles. The van der Waals surface area contributed by atoms with Crippen molar-refractivity contribution < 1.29 is 4.79 Å². The number of aryl methyl sites for hydroxylation is 2. The molecule has 0 fully saturated rings. The average Bonchev–Trinajstić information content (AvgIpc) is 3.08. The van der Waals surface area contributed by atoms with E-state index in [1.807, 2.05) is 30.3 Å². The van der Waals surface area contributed by atoms with Crippen LogP contribution in [0.1, 0.15) is 16.7 Å². The average molecular weight is 377 g/mol. The number of nitrogens with zero attached hydrogens (tertiary/aromatic N) is 3. The van der Waals surface area contributed by atoms with Crippen LogP contribution in [0.25, 0.3) is 22.1 Å². The zero-order chi connectivity index (χ0) is 18.8. The molecule has 7 heteroatoms. The normalized spacial score (nSPS) is 11.2. The first kappa shape index (κ1) is 17.5. The molecule has 4 aromatic rings. The summed E-state index contributed by atoms with van der Waals surface area (Å²) < 4.78 is 0. The van der Waals surface area contributed by atoms with Gasteiger partial charge in [0.15, 0.2) is 5.65 Å².